The molecule has 6 N–H and O–H groups in total. The van der Waals surface area contributed by atoms with Gasteiger partial charge in [-0.15, -0.1) is 0 Å². The van der Waals surface area contributed by atoms with Crippen LogP contribution in [-0.2, 0) is 38.9 Å². The van der Waals surface area contributed by atoms with E-state index in [0.29, 0.717) is 59.3 Å². The molecule has 1 heterocycles. The van der Waals surface area contributed by atoms with Gasteiger partial charge in [0, 0.05) is 42.7 Å². The number of ether oxygens (including phenoxy) is 2. The number of carboxylic acids is 2. The van der Waals surface area contributed by atoms with Crippen molar-refractivity contribution in [3.63, 3.8) is 0 Å². The lowest BCUT2D eigenvalue weighted by Crippen LogP contribution is -2.21. The number of hydrogen-bond acceptors (Lipinski definition) is 10. The topological polar surface area (TPSA) is 207 Å². The molecule has 300 valence electrons. The minimum atomic E-state index is -5.08. The Balaban J connectivity index is 0.000000633. The number of halogens is 6. The fourth-order valence-electron chi connectivity index (χ4n) is 4.72. The van der Waals surface area contributed by atoms with Gasteiger partial charge in [0.1, 0.15) is 0 Å². The molecule has 0 radical (unpaired) electrons. The minimum absolute atomic E-state index is 0.271. The number of pyridine rings is 1. The second kappa shape index (κ2) is 19.6. The summed E-state index contributed by atoms with van der Waals surface area (Å²) < 4.78 is 98.5. The summed E-state index contributed by atoms with van der Waals surface area (Å²) in [6.07, 6.45) is -6.74. The average molecular weight is 805 g/mol. The number of nitrogens with two attached hydrogens (primary N) is 1. The SMILES string of the molecule is CCOc1cc2ncc(C(N)=O)c(Nc3cccc(CNCc4ccc(S(C)(=O)=O)cc4)c3CC)c2cc1OCC.O=C(O)C(F)(F)F.O=C(O)C(F)(F)F. The van der Waals surface area contributed by atoms with Crippen molar-refractivity contribution in [1.29, 1.82) is 0 Å². The summed E-state index contributed by atoms with van der Waals surface area (Å²) >= 11 is 0. The highest BCUT2D eigenvalue weighted by Gasteiger charge is 2.39. The standard InChI is InChI=1S/C31H36N4O5S.2C2HF3O2/c1-5-23-21(18-33-17-20-11-13-22(14-12-20)41(4,37)38)9-8-10-26(23)35-30-24-15-28(39-6-2)29(40-7-3)16-27(24)34-19-25(30)31(32)36;2*3-2(4,5)1(6)7/h8-16,19,33H,5-7,17-18H2,1-4H3,(H2,32,36)(H,34,35);2*(H,6,7). The van der Waals surface area contributed by atoms with Crippen LogP contribution in [0.25, 0.3) is 10.9 Å². The minimum Gasteiger partial charge on any atom is -0.490 e. The van der Waals surface area contributed by atoms with Crippen LogP contribution in [0.5, 0.6) is 11.5 Å². The molecule has 0 aliphatic heterocycles. The van der Waals surface area contributed by atoms with Gasteiger partial charge in [-0.05, 0) is 61.2 Å². The van der Waals surface area contributed by atoms with Gasteiger partial charge in [0.05, 0.1) is 34.9 Å². The van der Waals surface area contributed by atoms with E-state index in [1.165, 1.54) is 12.5 Å². The van der Waals surface area contributed by atoms with Crippen LogP contribution in [0, 0.1) is 0 Å². The summed E-state index contributed by atoms with van der Waals surface area (Å²) in [7, 11) is -3.23. The molecular weight excluding hydrogens is 766 g/mol. The van der Waals surface area contributed by atoms with Crippen molar-refractivity contribution in [3.8, 4) is 11.5 Å². The molecule has 4 rings (SSSR count). The number of primary amides is 1. The van der Waals surface area contributed by atoms with Crippen LogP contribution in [0.2, 0.25) is 0 Å². The first-order valence-corrected chi connectivity index (χ1v) is 17.9. The fourth-order valence-corrected chi connectivity index (χ4v) is 5.35. The van der Waals surface area contributed by atoms with Gasteiger partial charge in [-0.3, -0.25) is 9.78 Å². The Morgan fingerprint density at radius 2 is 1.36 bits per heavy atom. The molecule has 0 unspecified atom stereocenters. The molecule has 1 aromatic heterocycles. The van der Waals surface area contributed by atoms with Crippen LogP contribution in [0.1, 0.15) is 47.8 Å². The van der Waals surface area contributed by atoms with E-state index >= 15 is 0 Å². The van der Waals surface area contributed by atoms with Crippen LogP contribution in [-0.4, -0.2) is 73.3 Å². The predicted octanol–water partition coefficient (Wildman–Crippen LogP) is 6.40. The lowest BCUT2D eigenvalue weighted by molar-refractivity contribution is -0.193. The van der Waals surface area contributed by atoms with E-state index in [2.05, 4.69) is 28.6 Å². The number of carboxylic acid groups (broad SMARTS) is 2. The molecule has 0 saturated heterocycles. The first kappa shape index (κ1) is 45.5. The van der Waals surface area contributed by atoms with Gasteiger partial charge in [0.15, 0.2) is 21.3 Å². The number of aromatic nitrogens is 1. The van der Waals surface area contributed by atoms with Gasteiger partial charge in [-0.2, -0.15) is 26.3 Å². The zero-order valence-corrected chi connectivity index (χ0v) is 30.6. The predicted molar refractivity (Wildman–Crippen MR) is 189 cm³/mol. The van der Waals surface area contributed by atoms with Crippen LogP contribution >= 0.6 is 0 Å². The number of aliphatic carboxylic acids is 2. The maximum Gasteiger partial charge on any atom is 0.490 e. The van der Waals surface area contributed by atoms with Gasteiger partial charge < -0.3 is 36.1 Å². The molecule has 55 heavy (non-hydrogen) atoms. The van der Waals surface area contributed by atoms with Crippen molar-refractivity contribution in [3.05, 3.63) is 83.0 Å². The molecular formula is C35H38F6N4O9S. The molecule has 0 spiro atoms. The highest BCUT2D eigenvalue weighted by molar-refractivity contribution is 7.90. The van der Waals surface area contributed by atoms with Crippen molar-refractivity contribution in [2.75, 3.05) is 24.8 Å². The number of anilines is 2. The summed E-state index contributed by atoms with van der Waals surface area (Å²) in [5.74, 6) is -4.96. The van der Waals surface area contributed by atoms with E-state index in [1.807, 2.05) is 50.2 Å². The van der Waals surface area contributed by atoms with E-state index in [-0.39, 0.29) is 5.56 Å². The van der Waals surface area contributed by atoms with Crippen LogP contribution < -0.4 is 25.8 Å². The number of alkyl halides is 6. The van der Waals surface area contributed by atoms with E-state index in [1.54, 1.807) is 12.1 Å². The number of amides is 1. The molecule has 0 saturated carbocycles. The third-order valence-corrected chi connectivity index (χ3v) is 8.29. The zero-order chi connectivity index (χ0) is 41.7. The summed E-state index contributed by atoms with van der Waals surface area (Å²) in [5, 5.41) is 21.9. The van der Waals surface area contributed by atoms with Crippen LogP contribution in [0.3, 0.4) is 0 Å². The quantitative estimate of drug-likeness (QED) is 0.0932. The number of carbonyl (C=O) groups excluding carboxylic acids is 1. The van der Waals surface area contributed by atoms with Crippen LogP contribution in [0.4, 0.5) is 37.7 Å². The lowest BCUT2D eigenvalue weighted by atomic mass is 10.0. The number of hydrogen-bond donors (Lipinski definition) is 5. The molecule has 20 heteroatoms. The first-order valence-electron chi connectivity index (χ1n) is 16.0. The van der Waals surface area contributed by atoms with Gasteiger partial charge in [0.25, 0.3) is 5.91 Å². The van der Waals surface area contributed by atoms with E-state index in [9.17, 15) is 39.6 Å². The largest absolute Gasteiger partial charge is 0.490 e. The molecule has 0 aliphatic rings. The Hall–Kier alpha value is -5.63. The molecule has 3 aromatic carbocycles. The first-order chi connectivity index (χ1) is 25.5. The fraction of sp³-hybridized carbons (Fsp3) is 0.314. The maximum atomic E-state index is 12.5. The second-order valence-corrected chi connectivity index (χ2v) is 13.2. The van der Waals surface area contributed by atoms with E-state index in [0.717, 1.165) is 28.8 Å². The maximum absolute atomic E-state index is 12.5. The smallest absolute Gasteiger partial charge is 0.490 e. The molecule has 0 fully saturated rings. The molecule has 13 nitrogen and oxygen atoms in total. The Morgan fingerprint density at radius 3 is 1.82 bits per heavy atom. The average Bonchev–Trinajstić information content (AvgIpc) is 3.08. The Labute approximate surface area is 311 Å². The number of benzene rings is 3. The van der Waals surface area contributed by atoms with Crippen molar-refractivity contribution >= 4 is 50.0 Å². The van der Waals surface area contributed by atoms with Gasteiger partial charge in [-0.1, -0.05) is 31.2 Å². The Morgan fingerprint density at radius 1 is 0.836 bits per heavy atom. The number of carbonyl (C=O) groups is 3. The Bertz CT molecular complexity index is 2050. The third kappa shape index (κ3) is 13.6. The monoisotopic (exact) mass is 804 g/mol. The van der Waals surface area contributed by atoms with E-state index < -0.39 is 40.0 Å². The van der Waals surface area contributed by atoms with Crippen molar-refractivity contribution in [2.45, 2.75) is 57.5 Å². The van der Waals surface area contributed by atoms with Gasteiger partial charge >= 0.3 is 24.3 Å². The normalized spacial score (nSPS) is 11.4. The van der Waals surface area contributed by atoms with E-state index in [4.69, 9.17) is 35.0 Å². The number of sulfone groups is 1. The second-order valence-electron chi connectivity index (χ2n) is 11.1. The van der Waals surface area contributed by atoms with Crippen molar-refractivity contribution in [2.24, 2.45) is 5.73 Å². The number of nitrogens with zero attached hydrogens (tertiary/aromatic N) is 1. The van der Waals surface area contributed by atoms with Gasteiger partial charge in [0.2, 0.25) is 0 Å². The molecule has 4 aromatic rings. The lowest BCUT2D eigenvalue weighted by Gasteiger charge is -2.19. The molecule has 0 bridgehead atoms. The summed E-state index contributed by atoms with van der Waals surface area (Å²) in [6, 6.07) is 16.5. The summed E-state index contributed by atoms with van der Waals surface area (Å²) in [5.41, 5.74) is 11.3. The van der Waals surface area contributed by atoms with Crippen molar-refractivity contribution in [1.82, 2.24) is 10.3 Å². The molecule has 0 aliphatic carbocycles. The van der Waals surface area contributed by atoms with Crippen molar-refractivity contribution < 1.29 is 68.8 Å². The molecule has 0 atom stereocenters. The summed E-state index contributed by atoms with van der Waals surface area (Å²) in [4.78, 5) is 35.0. The summed E-state index contributed by atoms with van der Waals surface area (Å²) in [6.45, 7) is 7.98. The Kier molecular flexibility index (Phi) is 16.2. The number of fused-ring (bicyclic) bond motifs is 1. The highest BCUT2D eigenvalue weighted by Crippen LogP contribution is 2.38. The number of nitrogens with one attached hydrogen (secondary N) is 2. The highest BCUT2D eigenvalue weighted by atomic mass is 32.2. The van der Waals surface area contributed by atoms with Crippen LogP contribution in [0.15, 0.2) is 65.7 Å². The third-order valence-electron chi connectivity index (χ3n) is 7.17. The molecule has 1 amide bonds. The number of rotatable bonds is 13. The zero-order valence-electron chi connectivity index (χ0n) is 29.8. The van der Waals surface area contributed by atoms with Gasteiger partial charge in [-0.25, -0.2) is 18.0 Å².